The second-order valence-corrected chi connectivity index (χ2v) is 4.48. The quantitative estimate of drug-likeness (QED) is 0.694. The first kappa shape index (κ1) is 12.4. The summed E-state index contributed by atoms with van der Waals surface area (Å²) < 4.78 is 0. The molecule has 0 aromatic rings. The Balaban J connectivity index is 3.64. The fourth-order valence-electron chi connectivity index (χ4n) is 0.773. The van der Waals surface area contributed by atoms with E-state index in [1.54, 1.807) is 0 Å². The molecular weight excluding hydrogens is 164 g/mol. The average molecular weight is 186 g/mol. The zero-order valence-electron chi connectivity index (χ0n) is 9.40. The first-order valence-electron chi connectivity index (χ1n) is 4.89. The van der Waals surface area contributed by atoms with E-state index in [9.17, 15) is 4.79 Å². The van der Waals surface area contributed by atoms with E-state index in [0.29, 0.717) is 6.54 Å². The highest BCUT2D eigenvalue weighted by Crippen LogP contribution is 1.97. The van der Waals surface area contributed by atoms with Gasteiger partial charge in [-0.25, -0.2) is 0 Å². The van der Waals surface area contributed by atoms with Crippen LogP contribution in [0.5, 0.6) is 0 Å². The van der Waals surface area contributed by atoms with Crippen molar-refractivity contribution < 1.29 is 4.79 Å². The molecule has 2 N–H and O–H groups in total. The van der Waals surface area contributed by atoms with Crippen LogP contribution in [0.2, 0.25) is 0 Å². The molecule has 0 aromatic heterocycles. The van der Waals surface area contributed by atoms with Crippen molar-refractivity contribution >= 4 is 5.91 Å². The predicted molar refractivity (Wildman–Crippen MR) is 55.7 cm³/mol. The zero-order chi connectivity index (χ0) is 10.5. The van der Waals surface area contributed by atoms with Gasteiger partial charge in [0.25, 0.3) is 0 Å². The van der Waals surface area contributed by atoms with E-state index in [1.165, 1.54) is 0 Å². The molecular formula is C10H22N2O. The van der Waals surface area contributed by atoms with E-state index in [2.05, 4.69) is 17.6 Å². The van der Waals surface area contributed by atoms with Gasteiger partial charge in [0.05, 0.1) is 6.54 Å². The molecule has 0 aliphatic rings. The van der Waals surface area contributed by atoms with E-state index in [-0.39, 0.29) is 17.5 Å². The molecule has 13 heavy (non-hydrogen) atoms. The Morgan fingerprint density at radius 1 is 1.38 bits per heavy atom. The Hall–Kier alpha value is -0.570. The summed E-state index contributed by atoms with van der Waals surface area (Å²) in [5.74, 6) is 0.0734. The molecule has 0 saturated carbocycles. The third-order valence-electron chi connectivity index (χ3n) is 1.80. The first-order valence-corrected chi connectivity index (χ1v) is 4.89. The lowest BCUT2D eigenvalue weighted by atomic mass is 10.1. The minimum atomic E-state index is 0.00674. The molecule has 1 amide bonds. The second kappa shape index (κ2) is 5.22. The van der Waals surface area contributed by atoms with Crippen LogP contribution in [0, 0.1) is 0 Å². The molecule has 0 heterocycles. The summed E-state index contributed by atoms with van der Waals surface area (Å²) in [7, 11) is 0. The second-order valence-electron chi connectivity index (χ2n) is 4.48. The molecule has 0 bridgehead atoms. The summed E-state index contributed by atoms with van der Waals surface area (Å²) >= 11 is 0. The Labute approximate surface area is 81.3 Å². The third-order valence-corrected chi connectivity index (χ3v) is 1.80. The van der Waals surface area contributed by atoms with E-state index in [1.807, 2.05) is 27.7 Å². The van der Waals surface area contributed by atoms with Gasteiger partial charge in [-0.2, -0.15) is 0 Å². The number of rotatable bonds is 4. The zero-order valence-corrected chi connectivity index (χ0v) is 9.40. The van der Waals surface area contributed by atoms with Crippen molar-refractivity contribution in [1.29, 1.82) is 0 Å². The molecule has 0 aliphatic carbocycles. The van der Waals surface area contributed by atoms with Gasteiger partial charge >= 0.3 is 0 Å². The van der Waals surface area contributed by atoms with Crippen LogP contribution in [0.25, 0.3) is 0 Å². The highest BCUT2D eigenvalue weighted by Gasteiger charge is 2.11. The number of nitrogens with one attached hydrogen (secondary N) is 2. The standard InChI is InChI=1S/C10H22N2O/c1-6-8(2)12-9(13)7-11-10(3,4)5/h8,11H,6-7H2,1-5H3,(H,12,13). The van der Waals surface area contributed by atoms with Gasteiger partial charge in [0.15, 0.2) is 0 Å². The van der Waals surface area contributed by atoms with Gasteiger partial charge in [0.2, 0.25) is 5.91 Å². The molecule has 0 rings (SSSR count). The fourth-order valence-corrected chi connectivity index (χ4v) is 0.773. The summed E-state index contributed by atoms with van der Waals surface area (Å²) in [6, 6.07) is 0.272. The van der Waals surface area contributed by atoms with Crippen molar-refractivity contribution in [3.63, 3.8) is 0 Å². The van der Waals surface area contributed by atoms with Crippen molar-refractivity contribution in [2.45, 2.75) is 52.6 Å². The summed E-state index contributed by atoms with van der Waals surface area (Å²) in [5, 5.41) is 6.04. The lowest BCUT2D eigenvalue weighted by Gasteiger charge is -2.21. The minimum Gasteiger partial charge on any atom is -0.353 e. The van der Waals surface area contributed by atoms with Crippen molar-refractivity contribution in [1.82, 2.24) is 10.6 Å². The topological polar surface area (TPSA) is 41.1 Å². The maximum absolute atomic E-state index is 11.3. The fraction of sp³-hybridized carbons (Fsp3) is 0.900. The molecule has 0 aliphatic heterocycles. The van der Waals surface area contributed by atoms with E-state index < -0.39 is 0 Å². The maximum Gasteiger partial charge on any atom is 0.234 e. The number of hydrogen-bond donors (Lipinski definition) is 2. The molecule has 0 saturated heterocycles. The largest absolute Gasteiger partial charge is 0.353 e. The SMILES string of the molecule is CCC(C)NC(=O)CNC(C)(C)C. The molecule has 0 fully saturated rings. The predicted octanol–water partition coefficient (Wildman–Crippen LogP) is 1.29. The Kier molecular flexibility index (Phi) is 4.99. The Bertz CT molecular complexity index is 161. The van der Waals surface area contributed by atoms with Gasteiger partial charge in [0, 0.05) is 11.6 Å². The Morgan fingerprint density at radius 2 is 1.92 bits per heavy atom. The van der Waals surface area contributed by atoms with Gasteiger partial charge in [-0.15, -0.1) is 0 Å². The van der Waals surface area contributed by atoms with Crippen molar-refractivity contribution in [3.8, 4) is 0 Å². The number of carbonyl (C=O) groups is 1. The van der Waals surface area contributed by atoms with Crippen LogP contribution in [-0.4, -0.2) is 24.0 Å². The van der Waals surface area contributed by atoms with Crippen LogP contribution in [0.15, 0.2) is 0 Å². The van der Waals surface area contributed by atoms with Gasteiger partial charge in [-0.3, -0.25) is 4.79 Å². The van der Waals surface area contributed by atoms with Crippen LogP contribution >= 0.6 is 0 Å². The monoisotopic (exact) mass is 186 g/mol. The van der Waals surface area contributed by atoms with Crippen molar-refractivity contribution in [2.75, 3.05) is 6.54 Å². The molecule has 0 spiro atoms. The lowest BCUT2D eigenvalue weighted by molar-refractivity contribution is -0.121. The summed E-state index contributed by atoms with van der Waals surface area (Å²) in [4.78, 5) is 11.3. The van der Waals surface area contributed by atoms with Crippen LogP contribution < -0.4 is 10.6 Å². The smallest absolute Gasteiger partial charge is 0.234 e. The van der Waals surface area contributed by atoms with Crippen molar-refractivity contribution in [2.24, 2.45) is 0 Å². The summed E-state index contributed by atoms with van der Waals surface area (Å²) in [5.41, 5.74) is 0.00674. The van der Waals surface area contributed by atoms with Crippen LogP contribution in [0.3, 0.4) is 0 Å². The Morgan fingerprint density at radius 3 is 2.31 bits per heavy atom. The first-order chi connectivity index (χ1) is 5.85. The average Bonchev–Trinajstić information content (AvgIpc) is 1.99. The van der Waals surface area contributed by atoms with E-state index in [4.69, 9.17) is 0 Å². The summed E-state index contributed by atoms with van der Waals surface area (Å²) in [6.07, 6.45) is 0.973. The molecule has 0 radical (unpaired) electrons. The molecule has 3 heteroatoms. The summed E-state index contributed by atoms with van der Waals surface area (Å²) in [6.45, 7) is 10.6. The normalized spacial score (nSPS) is 13.9. The molecule has 1 unspecified atom stereocenters. The third kappa shape index (κ3) is 7.78. The maximum atomic E-state index is 11.3. The van der Waals surface area contributed by atoms with Gasteiger partial charge in [-0.1, -0.05) is 6.92 Å². The van der Waals surface area contributed by atoms with E-state index >= 15 is 0 Å². The van der Waals surface area contributed by atoms with Gasteiger partial charge < -0.3 is 10.6 Å². The number of hydrogen-bond acceptors (Lipinski definition) is 2. The van der Waals surface area contributed by atoms with Crippen LogP contribution in [0.1, 0.15) is 41.0 Å². The van der Waals surface area contributed by atoms with Gasteiger partial charge in [0.1, 0.15) is 0 Å². The minimum absolute atomic E-state index is 0.00674. The number of carbonyl (C=O) groups excluding carboxylic acids is 1. The highest BCUT2D eigenvalue weighted by molar-refractivity contribution is 5.78. The number of amides is 1. The molecule has 78 valence electrons. The lowest BCUT2D eigenvalue weighted by Crippen LogP contribution is -2.45. The van der Waals surface area contributed by atoms with Crippen LogP contribution in [-0.2, 0) is 4.79 Å². The molecule has 3 nitrogen and oxygen atoms in total. The van der Waals surface area contributed by atoms with Gasteiger partial charge in [-0.05, 0) is 34.1 Å². The molecule has 1 atom stereocenters. The molecule has 0 aromatic carbocycles. The van der Waals surface area contributed by atoms with E-state index in [0.717, 1.165) is 6.42 Å². The highest BCUT2D eigenvalue weighted by atomic mass is 16.1. The van der Waals surface area contributed by atoms with Crippen molar-refractivity contribution in [3.05, 3.63) is 0 Å². The van der Waals surface area contributed by atoms with Crippen LogP contribution in [0.4, 0.5) is 0 Å².